The Morgan fingerprint density at radius 1 is 0.652 bits per heavy atom. The molecule has 0 saturated heterocycles. The number of carboxylic acid groups (broad SMARTS) is 1. The summed E-state index contributed by atoms with van der Waals surface area (Å²) in [5.41, 5.74) is 7.70. The predicted molar refractivity (Wildman–Crippen MR) is 186 cm³/mol. The lowest BCUT2D eigenvalue weighted by molar-refractivity contribution is 0.0527. The number of aromatic nitrogens is 2. The molecule has 1 N–H and O–H groups in total. The van der Waals surface area contributed by atoms with Gasteiger partial charge < -0.3 is 19.0 Å². The van der Waals surface area contributed by atoms with Crippen LogP contribution in [0.25, 0.3) is 21.8 Å². The molecule has 0 spiro atoms. The molecule has 0 aliphatic carbocycles. The lowest BCUT2D eigenvalue weighted by atomic mass is 10.0. The van der Waals surface area contributed by atoms with Crippen molar-refractivity contribution in [2.45, 2.75) is 59.5 Å². The number of aromatic carboxylic acids is 1. The Labute approximate surface area is 270 Å². The predicted octanol–water partition coefficient (Wildman–Crippen LogP) is 9.77. The van der Waals surface area contributed by atoms with E-state index >= 15 is 0 Å². The monoisotopic (exact) mass is 614 g/mol. The molecular formula is C40H42N2O4. The summed E-state index contributed by atoms with van der Waals surface area (Å²) in [7, 11) is 0. The zero-order valence-corrected chi connectivity index (χ0v) is 27.2. The molecule has 2 unspecified atom stereocenters. The van der Waals surface area contributed by atoms with Crippen LogP contribution in [0.2, 0.25) is 0 Å². The van der Waals surface area contributed by atoms with Crippen LogP contribution in [0.5, 0.6) is 0 Å². The van der Waals surface area contributed by atoms with Gasteiger partial charge in [-0.05, 0) is 69.0 Å². The third kappa shape index (κ3) is 6.62. The maximum absolute atomic E-state index is 12.4. The highest BCUT2D eigenvalue weighted by molar-refractivity contribution is 6.05. The van der Waals surface area contributed by atoms with Crippen LogP contribution in [-0.4, -0.2) is 32.8 Å². The number of carbonyl (C=O) groups excluding carboxylic acids is 1. The second kappa shape index (κ2) is 14.3. The van der Waals surface area contributed by atoms with Crippen molar-refractivity contribution in [1.29, 1.82) is 0 Å². The minimum absolute atomic E-state index is 0.138. The summed E-state index contributed by atoms with van der Waals surface area (Å²) >= 11 is 0. The molecule has 6 heteroatoms. The van der Waals surface area contributed by atoms with Crippen LogP contribution in [0.4, 0.5) is 0 Å². The standard InChI is InChI=1S/C21H23NO2.C19H19NO2/c1-4-19(16-9-7-6-8-10-16)22-14-18(21(23)24-5-2)17-13-15(3)11-12-20(17)22;1-3-17(14-7-5-4-6-8-14)20-12-16(19(21)22)15-11-13(2)9-10-18(15)20/h6-14,19H,4-5H2,1-3H3;4-12,17H,3H2,1-2H3,(H,21,22). The molecule has 236 valence electrons. The molecule has 6 aromatic rings. The second-order valence-electron chi connectivity index (χ2n) is 11.6. The molecular weight excluding hydrogens is 572 g/mol. The number of fused-ring (bicyclic) bond motifs is 2. The Balaban J connectivity index is 0.000000182. The molecule has 0 bridgehead atoms. The van der Waals surface area contributed by atoms with Gasteiger partial charge in [-0.1, -0.05) is 97.8 Å². The van der Waals surface area contributed by atoms with Gasteiger partial charge in [0.1, 0.15) is 0 Å². The van der Waals surface area contributed by atoms with E-state index in [0.717, 1.165) is 45.8 Å². The fourth-order valence-corrected chi connectivity index (χ4v) is 6.33. The number of benzene rings is 4. The molecule has 0 radical (unpaired) electrons. The third-order valence-corrected chi connectivity index (χ3v) is 8.52. The minimum Gasteiger partial charge on any atom is -0.478 e. The number of carboxylic acids is 1. The summed E-state index contributed by atoms with van der Waals surface area (Å²) in [6, 6.07) is 33.2. The molecule has 4 aromatic carbocycles. The molecule has 0 aliphatic rings. The summed E-state index contributed by atoms with van der Waals surface area (Å²) in [6.45, 7) is 10.5. The lowest BCUT2D eigenvalue weighted by Gasteiger charge is -2.19. The van der Waals surface area contributed by atoms with Gasteiger partial charge in [-0.25, -0.2) is 9.59 Å². The van der Waals surface area contributed by atoms with E-state index in [9.17, 15) is 14.7 Å². The van der Waals surface area contributed by atoms with Gasteiger partial charge in [-0.2, -0.15) is 0 Å². The highest BCUT2D eigenvalue weighted by atomic mass is 16.5. The summed E-state index contributed by atoms with van der Waals surface area (Å²) in [6.07, 6.45) is 5.57. The number of esters is 1. The van der Waals surface area contributed by atoms with E-state index in [1.165, 1.54) is 11.1 Å². The molecule has 2 atom stereocenters. The van der Waals surface area contributed by atoms with Crippen LogP contribution in [0.1, 0.15) is 88.7 Å². The van der Waals surface area contributed by atoms with Gasteiger partial charge in [0, 0.05) is 34.2 Å². The molecule has 0 amide bonds. The number of carbonyl (C=O) groups is 2. The van der Waals surface area contributed by atoms with Crippen LogP contribution in [0, 0.1) is 13.8 Å². The Hall–Kier alpha value is -5.10. The number of hydrogen-bond donors (Lipinski definition) is 1. The number of hydrogen-bond acceptors (Lipinski definition) is 3. The minimum atomic E-state index is -0.878. The zero-order valence-electron chi connectivity index (χ0n) is 27.2. The first-order chi connectivity index (χ1) is 22.3. The van der Waals surface area contributed by atoms with E-state index in [4.69, 9.17) is 4.74 Å². The van der Waals surface area contributed by atoms with Gasteiger partial charge in [0.05, 0.1) is 29.8 Å². The third-order valence-electron chi connectivity index (χ3n) is 8.52. The number of rotatable bonds is 9. The normalized spacial score (nSPS) is 12.4. The van der Waals surface area contributed by atoms with Crippen molar-refractivity contribution in [3.63, 3.8) is 0 Å². The highest BCUT2D eigenvalue weighted by Gasteiger charge is 2.22. The maximum Gasteiger partial charge on any atom is 0.340 e. The molecule has 2 heterocycles. The zero-order chi connectivity index (χ0) is 32.8. The average Bonchev–Trinajstić information content (AvgIpc) is 3.62. The Kier molecular flexibility index (Phi) is 10.1. The summed E-state index contributed by atoms with van der Waals surface area (Å²) < 4.78 is 9.55. The Morgan fingerprint density at radius 3 is 1.50 bits per heavy atom. The van der Waals surface area contributed by atoms with Crippen molar-refractivity contribution in [3.05, 3.63) is 143 Å². The fraction of sp³-hybridized carbons (Fsp3) is 0.250. The van der Waals surface area contributed by atoms with Gasteiger partial charge in [0.25, 0.3) is 0 Å². The van der Waals surface area contributed by atoms with Gasteiger partial charge in [0.15, 0.2) is 0 Å². The van der Waals surface area contributed by atoms with Crippen molar-refractivity contribution in [1.82, 2.24) is 9.13 Å². The molecule has 0 fully saturated rings. The van der Waals surface area contributed by atoms with Gasteiger partial charge in [-0.3, -0.25) is 0 Å². The van der Waals surface area contributed by atoms with E-state index < -0.39 is 5.97 Å². The van der Waals surface area contributed by atoms with Crippen molar-refractivity contribution in [2.24, 2.45) is 0 Å². The molecule has 6 nitrogen and oxygen atoms in total. The first-order valence-corrected chi connectivity index (χ1v) is 16.0. The topological polar surface area (TPSA) is 73.5 Å². The molecule has 6 rings (SSSR count). The molecule has 2 aromatic heterocycles. The molecule has 0 saturated carbocycles. The van der Waals surface area contributed by atoms with Crippen molar-refractivity contribution < 1.29 is 19.4 Å². The Bertz CT molecular complexity index is 1950. The van der Waals surface area contributed by atoms with Crippen molar-refractivity contribution >= 4 is 33.7 Å². The van der Waals surface area contributed by atoms with Crippen LogP contribution >= 0.6 is 0 Å². The molecule has 46 heavy (non-hydrogen) atoms. The van der Waals surface area contributed by atoms with Crippen molar-refractivity contribution in [3.8, 4) is 0 Å². The van der Waals surface area contributed by atoms with E-state index in [1.807, 2.05) is 69.4 Å². The van der Waals surface area contributed by atoms with Gasteiger partial charge >= 0.3 is 11.9 Å². The van der Waals surface area contributed by atoms with Gasteiger partial charge in [-0.15, -0.1) is 0 Å². The van der Waals surface area contributed by atoms with Crippen molar-refractivity contribution in [2.75, 3.05) is 6.61 Å². The summed E-state index contributed by atoms with van der Waals surface area (Å²) in [4.78, 5) is 24.0. The summed E-state index contributed by atoms with van der Waals surface area (Å²) in [5, 5.41) is 11.3. The fourth-order valence-electron chi connectivity index (χ4n) is 6.33. The molecule has 0 aliphatic heterocycles. The second-order valence-corrected chi connectivity index (χ2v) is 11.6. The van der Waals surface area contributed by atoms with Gasteiger partial charge in [0.2, 0.25) is 0 Å². The Morgan fingerprint density at radius 2 is 1.09 bits per heavy atom. The first kappa shape index (κ1) is 32.3. The van der Waals surface area contributed by atoms with E-state index in [2.05, 4.69) is 77.6 Å². The number of aryl methyl sites for hydroxylation is 2. The first-order valence-electron chi connectivity index (χ1n) is 16.0. The van der Waals surface area contributed by atoms with E-state index in [0.29, 0.717) is 17.7 Å². The van der Waals surface area contributed by atoms with Crippen LogP contribution in [0.3, 0.4) is 0 Å². The quantitative estimate of drug-likeness (QED) is 0.165. The summed E-state index contributed by atoms with van der Waals surface area (Å²) in [5.74, 6) is -1.13. The smallest absolute Gasteiger partial charge is 0.340 e. The lowest BCUT2D eigenvalue weighted by Crippen LogP contribution is -2.09. The van der Waals surface area contributed by atoms with Crippen LogP contribution in [-0.2, 0) is 4.74 Å². The average molecular weight is 615 g/mol. The number of ether oxygens (including phenoxy) is 1. The van der Waals surface area contributed by atoms with E-state index in [1.54, 1.807) is 6.20 Å². The van der Waals surface area contributed by atoms with Crippen LogP contribution < -0.4 is 0 Å². The largest absolute Gasteiger partial charge is 0.478 e. The van der Waals surface area contributed by atoms with E-state index in [-0.39, 0.29) is 18.1 Å². The number of nitrogens with zero attached hydrogens (tertiary/aromatic N) is 2. The maximum atomic E-state index is 12.4. The highest BCUT2D eigenvalue weighted by Crippen LogP contribution is 2.32. The SMILES string of the molecule is CCC(c1ccccc1)n1cc(C(=O)O)c2cc(C)ccc21.CCOC(=O)c1cn(C(CC)c2ccccc2)c2ccc(C)cc12. The van der Waals surface area contributed by atoms with Crippen LogP contribution in [0.15, 0.2) is 109 Å².